The fourth-order valence-corrected chi connectivity index (χ4v) is 2.60. The minimum Gasteiger partial charge on any atom is -0.448 e. The highest BCUT2D eigenvalue weighted by atomic mass is 32.2. The zero-order valence-electron chi connectivity index (χ0n) is 12.0. The van der Waals surface area contributed by atoms with Crippen LogP contribution in [0.15, 0.2) is 10.7 Å². The summed E-state index contributed by atoms with van der Waals surface area (Å²) < 4.78 is 5.51. The Morgan fingerprint density at radius 1 is 1.29 bits per heavy atom. The van der Waals surface area contributed by atoms with Crippen molar-refractivity contribution >= 4 is 11.8 Å². The van der Waals surface area contributed by atoms with E-state index < -0.39 is 0 Å². The molecule has 0 unspecified atom stereocenters. The van der Waals surface area contributed by atoms with Gasteiger partial charge in [-0.05, 0) is 18.1 Å². The Kier molecular flexibility index (Phi) is 4.70. The highest BCUT2D eigenvalue weighted by Crippen LogP contribution is 2.38. The summed E-state index contributed by atoms with van der Waals surface area (Å²) in [7, 11) is 0. The summed E-state index contributed by atoms with van der Waals surface area (Å²) in [6.07, 6.45) is 6.21. The number of nitrogens with zero attached hydrogens (tertiary/aromatic N) is 1. The van der Waals surface area contributed by atoms with E-state index in [-0.39, 0.29) is 5.41 Å². The zero-order valence-corrected chi connectivity index (χ0v) is 12.8. The van der Waals surface area contributed by atoms with Crippen LogP contribution in [-0.4, -0.2) is 11.2 Å². The second kappa shape index (κ2) is 5.47. The van der Waals surface area contributed by atoms with Crippen molar-refractivity contribution in [3.05, 3.63) is 17.8 Å². The summed E-state index contributed by atoms with van der Waals surface area (Å²) in [6.45, 7) is 11.4. The van der Waals surface area contributed by atoms with Gasteiger partial charge in [0.15, 0.2) is 0 Å². The molecule has 2 nitrogen and oxygen atoms in total. The molecule has 0 saturated heterocycles. The lowest BCUT2D eigenvalue weighted by Crippen LogP contribution is -2.26. The smallest absolute Gasteiger partial charge is 0.204 e. The summed E-state index contributed by atoms with van der Waals surface area (Å²) in [5.41, 5.74) is 1.52. The number of aromatic nitrogens is 1. The molecule has 0 atom stereocenters. The molecular formula is C14H25NOS. The number of rotatable bonds is 6. The first-order chi connectivity index (χ1) is 7.80. The monoisotopic (exact) mass is 255 g/mol. The Morgan fingerprint density at radius 2 is 1.94 bits per heavy atom. The van der Waals surface area contributed by atoms with Gasteiger partial charge in [-0.2, -0.15) is 11.8 Å². The molecule has 3 heteroatoms. The van der Waals surface area contributed by atoms with E-state index in [1.807, 2.05) is 6.26 Å². The third-order valence-electron chi connectivity index (χ3n) is 3.39. The molecule has 0 aliphatic carbocycles. The molecule has 0 bridgehead atoms. The van der Waals surface area contributed by atoms with Crippen molar-refractivity contribution in [3.63, 3.8) is 0 Å². The van der Waals surface area contributed by atoms with Gasteiger partial charge in [-0.1, -0.05) is 41.0 Å². The standard InChI is InChI=1S/C14H25NOS/c1-7-13(2,3)10-14(4,5)11-8-16-12(15-11)9-17-6/h8H,7,9-10H2,1-6H3. The number of hydrogen-bond acceptors (Lipinski definition) is 3. The van der Waals surface area contributed by atoms with Gasteiger partial charge in [-0.15, -0.1) is 0 Å². The van der Waals surface area contributed by atoms with Gasteiger partial charge in [0.1, 0.15) is 6.26 Å². The summed E-state index contributed by atoms with van der Waals surface area (Å²) in [5.74, 6) is 1.70. The van der Waals surface area contributed by atoms with Crippen LogP contribution in [0, 0.1) is 5.41 Å². The Balaban J connectivity index is 2.81. The van der Waals surface area contributed by atoms with Crippen LogP contribution in [0.2, 0.25) is 0 Å². The Hall–Kier alpha value is -0.440. The first kappa shape index (κ1) is 14.6. The van der Waals surface area contributed by atoms with Gasteiger partial charge in [0.25, 0.3) is 0 Å². The maximum atomic E-state index is 5.51. The lowest BCUT2D eigenvalue weighted by atomic mass is 9.72. The number of thioether (sulfide) groups is 1. The van der Waals surface area contributed by atoms with Gasteiger partial charge in [0, 0.05) is 5.41 Å². The molecule has 0 aliphatic rings. The van der Waals surface area contributed by atoms with E-state index in [9.17, 15) is 0 Å². The van der Waals surface area contributed by atoms with Crippen molar-refractivity contribution in [2.24, 2.45) is 5.41 Å². The summed E-state index contributed by atoms with van der Waals surface area (Å²) >= 11 is 1.74. The summed E-state index contributed by atoms with van der Waals surface area (Å²) in [5, 5.41) is 0. The Bertz CT molecular complexity index is 355. The molecule has 0 spiro atoms. The highest BCUT2D eigenvalue weighted by molar-refractivity contribution is 7.97. The van der Waals surface area contributed by atoms with E-state index in [0.29, 0.717) is 5.41 Å². The van der Waals surface area contributed by atoms with E-state index in [4.69, 9.17) is 4.42 Å². The van der Waals surface area contributed by atoms with Crippen LogP contribution in [0.25, 0.3) is 0 Å². The maximum absolute atomic E-state index is 5.51. The Morgan fingerprint density at radius 3 is 2.47 bits per heavy atom. The van der Waals surface area contributed by atoms with Gasteiger partial charge in [-0.25, -0.2) is 4.98 Å². The molecule has 0 aromatic carbocycles. The van der Waals surface area contributed by atoms with Gasteiger partial charge >= 0.3 is 0 Å². The van der Waals surface area contributed by atoms with Crippen LogP contribution >= 0.6 is 11.8 Å². The third kappa shape index (κ3) is 4.06. The maximum Gasteiger partial charge on any atom is 0.204 e. The summed E-state index contributed by atoms with van der Waals surface area (Å²) in [6, 6.07) is 0. The summed E-state index contributed by atoms with van der Waals surface area (Å²) in [4.78, 5) is 4.60. The molecule has 0 radical (unpaired) electrons. The van der Waals surface area contributed by atoms with Crippen LogP contribution in [0.5, 0.6) is 0 Å². The van der Waals surface area contributed by atoms with Crippen LogP contribution < -0.4 is 0 Å². The molecule has 98 valence electrons. The molecule has 0 N–H and O–H groups in total. The molecule has 0 saturated carbocycles. The average molecular weight is 255 g/mol. The Labute approximate surface area is 110 Å². The lowest BCUT2D eigenvalue weighted by Gasteiger charge is -2.32. The number of oxazole rings is 1. The van der Waals surface area contributed by atoms with Crippen LogP contribution in [-0.2, 0) is 11.2 Å². The fourth-order valence-electron chi connectivity index (χ4n) is 2.22. The van der Waals surface area contributed by atoms with Crippen molar-refractivity contribution in [1.29, 1.82) is 0 Å². The second-order valence-electron chi connectivity index (χ2n) is 6.14. The van der Waals surface area contributed by atoms with Crippen LogP contribution in [0.1, 0.15) is 59.0 Å². The first-order valence-electron chi connectivity index (χ1n) is 6.24. The molecule has 0 fully saturated rings. The van der Waals surface area contributed by atoms with E-state index in [1.54, 1.807) is 11.8 Å². The predicted octanol–water partition coefficient (Wildman–Crippen LogP) is 4.64. The number of hydrogen-bond donors (Lipinski definition) is 0. The average Bonchev–Trinajstić information content (AvgIpc) is 2.66. The van der Waals surface area contributed by atoms with E-state index >= 15 is 0 Å². The van der Waals surface area contributed by atoms with Crippen molar-refractivity contribution in [2.75, 3.05) is 6.26 Å². The quantitative estimate of drug-likeness (QED) is 0.740. The minimum atomic E-state index is 0.0830. The normalized spacial score (nSPS) is 13.1. The van der Waals surface area contributed by atoms with Gasteiger partial charge in [0.2, 0.25) is 5.89 Å². The highest BCUT2D eigenvalue weighted by Gasteiger charge is 2.31. The third-order valence-corrected chi connectivity index (χ3v) is 3.93. The predicted molar refractivity (Wildman–Crippen MR) is 75.4 cm³/mol. The fraction of sp³-hybridized carbons (Fsp3) is 0.786. The molecule has 1 aromatic rings. The van der Waals surface area contributed by atoms with E-state index in [2.05, 4.69) is 45.9 Å². The first-order valence-corrected chi connectivity index (χ1v) is 7.64. The van der Waals surface area contributed by atoms with Crippen LogP contribution in [0.4, 0.5) is 0 Å². The van der Waals surface area contributed by atoms with Gasteiger partial charge in [-0.3, -0.25) is 0 Å². The molecule has 1 heterocycles. The molecule has 0 amide bonds. The molecular weight excluding hydrogens is 230 g/mol. The molecule has 1 rings (SSSR count). The van der Waals surface area contributed by atoms with Crippen molar-refractivity contribution in [3.8, 4) is 0 Å². The minimum absolute atomic E-state index is 0.0830. The molecule has 1 aromatic heterocycles. The zero-order chi connectivity index (χ0) is 13.1. The molecule has 17 heavy (non-hydrogen) atoms. The lowest BCUT2D eigenvalue weighted by molar-refractivity contribution is 0.244. The largest absolute Gasteiger partial charge is 0.448 e. The topological polar surface area (TPSA) is 26.0 Å². The second-order valence-corrected chi connectivity index (χ2v) is 7.00. The molecule has 0 aliphatic heterocycles. The van der Waals surface area contributed by atoms with Crippen molar-refractivity contribution in [1.82, 2.24) is 4.98 Å². The SMILES string of the molecule is CCC(C)(C)CC(C)(C)c1coc(CSC)n1. The van der Waals surface area contributed by atoms with E-state index in [1.165, 1.54) is 6.42 Å². The van der Waals surface area contributed by atoms with Gasteiger partial charge < -0.3 is 4.42 Å². The van der Waals surface area contributed by atoms with Crippen molar-refractivity contribution < 1.29 is 4.42 Å². The van der Waals surface area contributed by atoms with E-state index in [0.717, 1.165) is 23.8 Å². The van der Waals surface area contributed by atoms with Crippen molar-refractivity contribution in [2.45, 2.75) is 58.6 Å². The van der Waals surface area contributed by atoms with Crippen LogP contribution in [0.3, 0.4) is 0 Å². The van der Waals surface area contributed by atoms with Gasteiger partial charge in [0.05, 0.1) is 11.4 Å².